The minimum absolute atomic E-state index is 0.324. The SMILES string of the molecule is CC(C)[Si](C1=CCC=C(C(C)(C)C)C1)(C(C)C)C(C)C. The Morgan fingerprint density at radius 3 is 1.65 bits per heavy atom. The van der Waals surface area contributed by atoms with Crippen molar-refractivity contribution in [1.82, 2.24) is 0 Å². The van der Waals surface area contributed by atoms with Crippen LogP contribution in [0.3, 0.4) is 0 Å². The molecule has 116 valence electrons. The maximum Gasteiger partial charge on any atom is 0.0891 e. The third-order valence-corrected chi connectivity index (χ3v) is 12.7. The van der Waals surface area contributed by atoms with Crippen LogP contribution >= 0.6 is 0 Å². The summed E-state index contributed by atoms with van der Waals surface area (Å²) in [5, 5.41) is 1.84. The Balaban J connectivity index is 3.21. The average Bonchev–Trinajstić information content (AvgIpc) is 2.27. The van der Waals surface area contributed by atoms with Crippen molar-refractivity contribution in [3.05, 3.63) is 22.9 Å². The van der Waals surface area contributed by atoms with Gasteiger partial charge in [0, 0.05) is 0 Å². The summed E-state index contributed by atoms with van der Waals surface area (Å²) in [6, 6.07) is 0. The van der Waals surface area contributed by atoms with E-state index in [4.69, 9.17) is 0 Å². The van der Waals surface area contributed by atoms with Gasteiger partial charge in [0.2, 0.25) is 0 Å². The molecule has 0 saturated carbocycles. The van der Waals surface area contributed by atoms with E-state index in [1.54, 1.807) is 5.57 Å². The summed E-state index contributed by atoms with van der Waals surface area (Å²) in [6.07, 6.45) is 7.46. The van der Waals surface area contributed by atoms with E-state index < -0.39 is 8.07 Å². The summed E-state index contributed by atoms with van der Waals surface area (Å²) in [4.78, 5) is 0. The smallest absolute Gasteiger partial charge is 0.0850 e. The van der Waals surface area contributed by atoms with Crippen molar-refractivity contribution in [2.75, 3.05) is 0 Å². The number of rotatable bonds is 4. The lowest BCUT2D eigenvalue weighted by atomic mass is 9.82. The highest BCUT2D eigenvalue weighted by molar-refractivity contribution is 6.89. The normalized spacial score (nSPS) is 17.8. The van der Waals surface area contributed by atoms with Crippen LogP contribution in [0.15, 0.2) is 22.9 Å². The van der Waals surface area contributed by atoms with Gasteiger partial charge in [-0.25, -0.2) is 0 Å². The lowest BCUT2D eigenvalue weighted by molar-refractivity contribution is 0.488. The van der Waals surface area contributed by atoms with Gasteiger partial charge in [0.15, 0.2) is 0 Å². The Morgan fingerprint density at radius 2 is 1.30 bits per heavy atom. The van der Waals surface area contributed by atoms with Gasteiger partial charge in [-0.3, -0.25) is 0 Å². The monoisotopic (exact) mass is 292 g/mol. The molecule has 0 bridgehead atoms. The molecular weight excluding hydrogens is 256 g/mol. The fourth-order valence-electron chi connectivity index (χ4n) is 4.71. The van der Waals surface area contributed by atoms with E-state index in [1.807, 2.05) is 5.20 Å². The molecule has 0 aliphatic heterocycles. The summed E-state index contributed by atoms with van der Waals surface area (Å²) in [7, 11) is -1.43. The van der Waals surface area contributed by atoms with Crippen LogP contribution in [0.1, 0.15) is 75.2 Å². The zero-order valence-electron chi connectivity index (χ0n) is 15.3. The van der Waals surface area contributed by atoms with Crippen LogP contribution in [0.25, 0.3) is 0 Å². The Kier molecular flexibility index (Phi) is 5.51. The predicted molar refractivity (Wildman–Crippen MR) is 95.9 cm³/mol. The van der Waals surface area contributed by atoms with Gasteiger partial charge in [-0.15, -0.1) is 0 Å². The quantitative estimate of drug-likeness (QED) is 0.390. The largest absolute Gasteiger partial charge is 0.0891 e. The molecule has 0 unspecified atom stereocenters. The van der Waals surface area contributed by atoms with Crippen molar-refractivity contribution in [1.29, 1.82) is 0 Å². The fourth-order valence-corrected chi connectivity index (χ4v) is 11.9. The van der Waals surface area contributed by atoms with Crippen LogP contribution in [0.4, 0.5) is 0 Å². The van der Waals surface area contributed by atoms with Gasteiger partial charge in [0.1, 0.15) is 0 Å². The highest BCUT2D eigenvalue weighted by Gasteiger charge is 2.46. The second kappa shape index (κ2) is 6.21. The molecule has 0 aromatic rings. The standard InChI is InChI=1S/C19H36Si/c1-14(2)20(15(3)4,16(5)6)18-12-10-11-17(13-18)19(7,8)9/h11-12,14-16H,10,13H2,1-9H3. The van der Waals surface area contributed by atoms with E-state index in [0.717, 1.165) is 23.0 Å². The van der Waals surface area contributed by atoms with Crippen LogP contribution in [-0.4, -0.2) is 8.07 Å². The van der Waals surface area contributed by atoms with Crippen LogP contribution in [-0.2, 0) is 0 Å². The van der Waals surface area contributed by atoms with Crippen LogP contribution < -0.4 is 0 Å². The van der Waals surface area contributed by atoms with E-state index in [0.29, 0.717) is 5.41 Å². The van der Waals surface area contributed by atoms with Crippen LogP contribution in [0, 0.1) is 5.41 Å². The third-order valence-electron chi connectivity index (χ3n) is 5.49. The number of allylic oxidation sites excluding steroid dienone is 4. The first kappa shape index (κ1) is 17.7. The van der Waals surface area contributed by atoms with Gasteiger partial charge in [-0.05, 0) is 34.9 Å². The Labute approximate surface area is 128 Å². The third kappa shape index (κ3) is 3.13. The molecule has 1 aliphatic rings. The van der Waals surface area contributed by atoms with Gasteiger partial charge < -0.3 is 0 Å². The predicted octanol–water partition coefficient (Wildman–Crippen LogP) is 6.90. The second-order valence-electron chi connectivity index (χ2n) is 8.52. The highest BCUT2D eigenvalue weighted by Crippen LogP contribution is 2.50. The first-order valence-electron chi connectivity index (χ1n) is 8.43. The summed E-state index contributed by atoms with van der Waals surface area (Å²) < 4.78 is 0. The van der Waals surface area contributed by atoms with Gasteiger partial charge in [-0.1, -0.05) is 85.2 Å². The van der Waals surface area contributed by atoms with Crippen molar-refractivity contribution in [3.63, 3.8) is 0 Å². The Hall–Kier alpha value is -0.303. The maximum absolute atomic E-state index is 2.58. The summed E-state index contributed by atoms with van der Waals surface area (Å²) in [6.45, 7) is 21.9. The molecule has 0 heterocycles. The summed E-state index contributed by atoms with van der Waals surface area (Å²) in [5.41, 5.74) is 4.47. The molecule has 0 aromatic heterocycles. The van der Waals surface area contributed by atoms with Crippen molar-refractivity contribution in [2.45, 2.75) is 91.8 Å². The number of hydrogen-bond acceptors (Lipinski definition) is 0. The minimum atomic E-state index is -1.43. The van der Waals surface area contributed by atoms with Crippen molar-refractivity contribution >= 4 is 8.07 Å². The zero-order valence-corrected chi connectivity index (χ0v) is 16.3. The fraction of sp³-hybridized carbons (Fsp3) is 0.789. The van der Waals surface area contributed by atoms with E-state index in [1.165, 1.54) is 6.42 Å². The van der Waals surface area contributed by atoms with E-state index in [-0.39, 0.29) is 0 Å². The molecule has 0 saturated heterocycles. The summed E-state index contributed by atoms with van der Waals surface area (Å²) >= 11 is 0. The molecule has 1 heteroatoms. The molecule has 0 fully saturated rings. The molecule has 0 aromatic carbocycles. The highest BCUT2D eigenvalue weighted by atomic mass is 28.3. The molecule has 0 atom stereocenters. The van der Waals surface area contributed by atoms with Gasteiger partial charge >= 0.3 is 0 Å². The van der Waals surface area contributed by atoms with Gasteiger partial charge in [-0.2, -0.15) is 0 Å². The van der Waals surface area contributed by atoms with Gasteiger partial charge in [0.05, 0.1) is 8.07 Å². The van der Waals surface area contributed by atoms with Crippen LogP contribution in [0.5, 0.6) is 0 Å². The second-order valence-corrected chi connectivity index (χ2v) is 14.5. The van der Waals surface area contributed by atoms with E-state index in [9.17, 15) is 0 Å². The first-order chi connectivity index (χ1) is 9.04. The van der Waals surface area contributed by atoms with Crippen molar-refractivity contribution < 1.29 is 0 Å². The Bertz CT molecular complexity index is 367. The molecule has 0 amide bonds. The Morgan fingerprint density at radius 1 is 0.850 bits per heavy atom. The molecule has 20 heavy (non-hydrogen) atoms. The first-order valence-corrected chi connectivity index (χ1v) is 10.7. The topological polar surface area (TPSA) is 0 Å². The molecule has 0 N–H and O–H groups in total. The molecule has 0 spiro atoms. The molecule has 1 rings (SSSR count). The van der Waals surface area contributed by atoms with Gasteiger partial charge in [0.25, 0.3) is 0 Å². The average molecular weight is 293 g/mol. The lowest BCUT2D eigenvalue weighted by Gasteiger charge is -2.47. The number of hydrogen-bond donors (Lipinski definition) is 0. The maximum atomic E-state index is 2.58. The van der Waals surface area contributed by atoms with E-state index in [2.05, 4.69) is 74.5 Å². The zero-order chi connectivity index (χ0) is 15.7. The molecule has 0 radical (unpaired) electrons. The lowest BCUT2D eigenvalue weighted by Crippen LogP contribution is -2.47. The molecular formula is C19H36Si. The van der Waals surface area contributed by atoms with Crippen LogP contribution in [0.2, 0.25) is 16.6 Å². The molecule has 1 aliphatic carbocycles. The molecule has 0 nitrogen and oxygen atoms in total. The minimum Gasteiger partial charge on any atom is -0.0850 e. The van der Waals surface area contributed by atoms with Crippen molar-refractivity contribution in [3.8, 4) is 0 Å². The summed E-state index contributed by atoms with van der Waals surface area (Å²) in [5.74, 6) is 0. The van der Waals surface area contributed by atoms with Crippen molar-refractivity contribution in [2.24, 2.45) is 5.41 Å². The van der Waals surface area contributed by atoms with E-state index >= 15 is 0 Å².